The van der Waals surface area contributed by atoms with Crippen LogP contribution in [0.1, 0.15) is 31.3 Å². The highest BCUT2D eigenvalue weighted by atomic mass is 32.2. The van der Waals surface area contributed by atoms with E-state index in [4.69, 9.17) is 0 Å². The summed E-state index contributed by atoms with van der Waals surface area (Å²) in [6.07, 6.45) is 0. The summed E-state index contributed by atoms with van der Waals surface area (Å²) >= 11 is 1.55. The molecule has 6 heteroatoms. The van der Waals surface area contributed by atoms with Crippen LogP contribution in [-0.2, 0) is 15.4 Å². The minimum Gasteiger partial charge on any atom is -0.280 e. The zero-order valence-electron chi connectivity index (χ0n) is 14.1. The van der Waals surface area contributed by atoms with Crippen LogP contribution in [0.25, 0.3) is 10.2 Å². The first-order valence-corrected chi connectivity index (χ1v) is 9.96. The molecular weight excluding hydrogens is 340 g/mol. The fourth-order valence-electron chi connectivity index (χ4n) is 2.44. The van der Waals surface area contributed by atoms with Gasteiger partial charge in [0.2, 0.25) is 0 Å². The van der Waals surface area contributed by atoms with E-state index in [0.29, 0.717) is 11.2 Å². The first kappa shape index (κ1) is 16.9. The van der Waals surface area contributed by atoms with Gasteiger partial charge in [0, 0.05) is 5.69 Å². The van der Waals surface area contributed by atoms with Crippen molar-refractivity contribution < 1.29 is 8.42 Å². The second kappa shape index (κ2) is 5.86. The molecule has 0 aliphatic rings. The first-order chi connectivity index (χ1) is 11.1. The van der Waals surface area contributed by atoms with E-state index < -0.39 is 10.0 Å². The van der Waals surface area contributed by atoms with Crippen LogP contribution in [0.2, 0.25) is 0 Å². The second-order valence-electron chi connectivity index (χ2n) is 6.80. The molecule has 24 heavy (non-hydrogen) atoms. The smallest absolute Gasteiger partial charge is 0.261 e. The van der Waals surface area contributed by atoms with Crippen LogP contribution < -0.4 is 4.72 Å². The van der Waals surface area contributed by atoms with E-state index in [9.17, 15) is 8.42 Å². The number of hydrogen-bond donors (Lipinski definition) is 1. The summed E-state index contributed by atoms with van der Waals surface area (Å²) in [5.74, 6) is 0. The molecule has 0 atom stereocenters. The van der Waals surface area contributed by atoms with Crippen LogP contribution in [0.4, 0.5) is 5.69 Å². The highest BCUT2D eigenvalue weighted by molar-refractivity contribution is 7.92. The van der Waals surface area contributed by atoms with E-state index in [0.717, 1.165) is 15.3 Å². The molecule has 3 aromatic rings. The number of thiazole rings is 1. The van der Waals surface area contributed by atoms with E-state index in [1.165, 1.54) is 0 Å². The summed E-state index contributed by atoms with van der Waals surface area (Å²) in [4.78, 5) is 4.58. The quantitative estimate of drug-likeness (QED) is 0.736. The van der Waals surface area contributed by atoms with E-state index in [-0.39, 0.29) is 10.3 Å². The maximum absolute atomic E-state index is 12.6. The molecular formula is C18H20N2O2S2. The van der Waals surface area contributed by atoms with Crippen LogP contribution >= 0.6 is 11.3 Å². The average Bonchev–Trinajstić information content (AvgIpc) is 2.85. The number of rotatable bonds is 3. The maximum atomic E-state index is 12.6. The number of aryl methyl sites for hydroxylation is 1. The molecule has 3 rings (SSSR count). The molecule has 0 spiro atoms. The number of anilines is 1. The van der Waals surface area contributed by atoms with Gasteiger partial charge in [-0.3, -0.25) is 4.72 Å². The third kappa shape index (κ3) is 3.44. The zero-order valence-corrected chi connectivity index (χ0v) is 15.8. The Bertz CT molecular complexity index is 982. The van der Waals surface area contributed by atoms with Crippen molar-refractivity contribution in [3.8, 4) is 0 Å². The van der Waals surface area contributed by atoms with Gasteiger partial charge in [0.1, 0.15) is 0 Å². The van der Waals surface area contributed by atoms with Crippen molar-refractivity contribution in [2.24, 2.45) is 0 Å². The molecule has 4 nitrogen and oxygen atoms in total. The number of nitrogens with zero attached hydrogens (tertiary/aromatic N) is 1. The van der Waals surface area contributed by atoms with Gasteiger partial charge < -0.3 is 0 Å². The molecule has 1 aromatic heterocycles. The van der Waals surface area contributed by atoms with E-state index in [1.807, 2.05) is 19.1 Å². The Labute approximate surface area is 146 Å². The van der Waals surface area contributed by atoms with Crippen molar-refractivity contribution in [2.45, 2.75) is 38.0 Å². The molecule has 0 unspecified atom stereocenters. The highest BCUT2D eigenvalue weighted by Crippen LogP contribution is 2.27. The molecule has 0 radical (unpaired) electrons. The van der Waals surface area contributed by atoms with Gasteiger partial charge in [-0.1, -0.05) is 32.9 Å². The lowest BCUT2D eigenvalue weighted by atomic mass is 9.87. The Hall–Kier alpha value is -1.92. The van der Waals surface area contributed by atoms with Crippen molar-refractivity contribution in [3.63, 3.8) is 0 Å². The van der Waals surface area contributed by atoms with Gasteiger partial charge in [0.15, 0.2) is 0 Å². The van der Waals surface area contributed by atoms with Gasteiger partial charge in [-0.15, -0.1) is 11.3 Å². The highest BCUT2D eigenvalue weighted by Gasteiger charge is 2.17. The number of benzene rings is 2. The molecule has 0 fully saturated rings. The van der Waals surface area contributed by atoms with E-state index in [1.54, 1.807) is 41.7 Å². The van der Waals surface area contributed by atoms with Gasteiger partial charge >= 0.3 is 0 Å². The second-order valence-corrected chi connectivity index (χ2v) is 9.71. The summed E-state index contributed by atoms with van der Waals surface area (Å²) in [5.41, 5.74) is 2.45. The fraction of sp³-hybridized carbons (Fsp3) is 0.278. The lowest BCUT2D eigenvalue weighted by Crippen LogP contribution is -2.14. The number of sulfonamides is 1. The third-order valence-corrected chi connectivity index (χ3v) is 6.11. The third-order valence-electron chi connectivity index (χ3n) is 3.78. The van der Waals surface area contributed by atoms with Crippen LogP contribution in [0.5, 0.6) is 0 Å². The van der Waals surface area contributed by atoms with Crippen LogP contribution in [0.15, 0.2) is 47.4 Å². The molecule has 0 saturated heterocycles. The summed E-state index contributed by atoms with van der Waals surface area (Å²) < 4.78 is 28.8. The molecule has 0 saturated carbocycles. The molecule has 0 aliphatic carbocycles. The van der Waals surface area contributed by atoms with E-state index in [2.05, 4.69) is 30.5 Å². The van der Waals surface area contributed by atoms with Crippen molar-refractivity contribution >= 4 is 37.3 Å². The maximum Gasteiger partial charge on any atom is 0.261 e. The van der Waals surface area contributed by atoms with Gasteiger partial charge in [-0.2, -0.15) is 0 Å². The van der Waals surface area contributed by atoms with Gasteiger partial charge in [0.25, 0.3) is 10.0 Å². The SMILES string of the molecule is Cc1nc2cc(S(=O)(=O)Nc3ccc(C(C)(C)C)cc3)ccc2s1. The Morgan fingerprint density at radius 2 is 1.71 bits per heavy atom. The molecule has 1 heterocycles. The lowest BCUT2D eigenvalue weighted by Gasteiger charge is -2.19. The summed E-state index contributed by atoms with van der Waals surface area (Å²) in [6, 6.07) is 12.5. The largest absolute Gasteiger partial charge is 0.280 e. The first-order valence-electron chi connectivity index (χ1n) is 7.66. The molecule has 2 aromatic carbocycles. The summed E-state index contributed by atoms with van der Waals surface area (Å²) in [7, 11) is -3.63. The minimum absolute atomic E-state index is 0.0327. The fourth-order valence-corrected chi connectivity index (χ4v) is 4.33. The van der Waals surface area contributed by atoms with Crippen LogP contribution in [-0.4, -0.2) is 13.4 Å². The van der Waals surface area contributed by atoms with Crippen LogP contribution in [0.3, 0.4) is 0 Å². The lowest BCUT2D eigenvalue weighted by molar-refractivity contribution is 0.590. The minimum atomic E-state index is -3.63. The van der Waals surface area contributed by atoms with Crippen molar-refractivity contribution in [1.29, 1.82) is 0 Å². The molecule has 126 valence electrons. The zero-order chi connectivity index (χ0) is 17.5. The van der Waals surface area contributed by atoms with Gasteiger partial charge in [-0.05, 0) is 48.2 Å². The summed E-state index contributed by atoms with van der Waals surface area (Å²) in [5, 5.41) is 0.922. The predicted molar refractivity (Wildman–Crippen MR) is 100 cm³/mol. The number of hydrogen-bond acceptors (Lipinski definition) is 4. The Kier molecular flexibility index (Phi) is 4.13. The Balaban J connectivity index is 1.89. The van der Waals surface area contributed by atoms with Crippen LogP contribution in [0, 0.1) is 6.92 Å². The normalized spacial score (nSPS) is 12.5. The molecule has 1 N–H and O–H groups in total. The monoisotopic (exact) mass is 360 g/mol. The van der Waals surface area contributed by atoms with Crippen molar-refractivity contribution in [3.05, 3.63) is 53.0 Å². The standard InChI is InChI=1S/C18H20N2O2S2/c1-12-19-16-11-15(9-10-17(16)23-12)24(21,22)20-14-7-5-13(6-8-14)18(2,3)4/h5-11,20H,1-4H3. The number of aromatic nitrogens is 1. The summed E-state index contributed by atoms with van der Waals surface area (Å²) in [6.45, 7) is 8.28. The Morgan fingerprint density at radius 1 is 1.04 bits per heavy atom. The van der Waals surface area contributed by atoms with Crippen molar-refractivity contribution in [1.82, 2.24) is 4.98 Å². The predicted octanol–water partition coefficient (Wildman–Crippen LogP) is 4.70. The van der Waals surface area contributed by atoms with Gasteiger partial charge in [-0.25, -0.2) is 13.4 Å². The van der Waals surface area contributed by atoms with Gasteiger partial charge in [0.05, 0.1) is 20.1 Å². The Morgan fingerprint density at radius 3 is 2.33 bits per heavy atom. The molecule has 0 amide bonds. The molecule has 0 bridgehead atoms. The van der Waals surface area contributed by atoms with E-state index >= 15 is 0 Å². The molecule has 0 aliphatic heterocycles. The number of fused-ring (bicyclic) bond motifs is 1. The van der Waals surface area contributed by atoms with Crippen molar-refractivity contribution in [2.75, 3.05) is 4.72 Å². The average molecular weight is 361 g/mol. The topological polar surface area (TPSA) is 59.1 Å². The number of nitrogens with one attached hydrogen (secondary N) is 1.